The maximum Gasteiger partial charge on any atom is 0.262 e. The summed E-state index contributed by atoms with van der Waals surface area (Å²) in [7, 11) is 2.20. The number of carbonyl (C=O) groups excluding carboxylic acids is 1. The number of aryl methyl sites for hydroxylation is 2. The summed E-state index contributed by atoms with van der Waals surface area (Å²) < 4.78 is 5.64. The van der Waals surface area contributed by atoms with E-state index in [1.807, 2.05) is 44.2 Å². The number of quaternary nitrogens is 1. The molecule has 0 radical (unpaired) electrons. The number of nitrogens with zero attached hydrogens (tertiary/aromatic N) is 1. The van der Waals surface area contributed by atoms with Crippen LogP contribution in [0.25, 0.3) is 0 Å². The van der Waals surface area contributed by atoms with Crippen molar-refractivity contribution in [1.29, 1.82) is 0 Å². The molecule has 144 valence electrons. The van der Waals surface area contributed by atoms with E-state index in [0.717, 1.165) is 43.1 Å². The summed E-state index contributed by atoms with van der Waals surface area (Å²) in [4.78, 5) is 16.2. The summed E-state index contributed by atoms with van der Waals surface area (Å²) in [6, 6.07) is 11.5. The average Bonchev–Trinajstić information content (AvgIpc) is 2.64. The van der Waals surface area contributed by atoms with Gasteiger partial charge in [0.2, 0.25) is 0 Å². The third kappa shape index (κ3) is 5.15. The molecule has 0 unspecified atom stereocenters. The molecule has 3 rings (SSSR count). The van der Waals surface area contributed by atoms with Gasteiger partial charge in [0.05, 0.1) is 44.6 Å². The highest BCUT2D eigenvalue weighted by molar-refractivity contribution is 6.31. The number of anilines is 2. The molecule has 27 heavy (non-hydrogen) atoms. The van der Waals surface area contributed by atoms with E-state index in [1.54, 1.807) is 6.07 Å². The fourth-order valence-corrected chi connectivity index (χ4v) is 3.32. The molecule has 0 saturated carbocycles. The first kappa shape index (κ1) is 19.5. The first-order valence-electron chi connectivity index (χ1n) is 9.28. The number of rotatable bonds is 5. The maximum absolute atomic E-state index is 12.4. The molecule has 6 heteroatoms. The summed E-state index contributed by atoms with van der Waals surface area (Å²) in [5.41, 5.74) is 4.08. The second-order valence-corrected chi connectivity index (χ2v) is 7.62. The average molecular weight is 389 g/mol. The van der Waals surface area contributed by atoms with Gasteiger partial charge in [-0.1, -0.05) is 17.7 Å². The first-order valence-corrected chi connectivity index (χ1v) is 9.66. The van der Waals surface area contributed by atoms with Crippen LogP contribution in [0.5, 0.6) is 5.75 Å². The number of hydrogen-bond donors (Lipinski definition) is 2. The van der Waals surface area contributed by atoms with Crippen LogP contribution >= 0.6 is 11.6 Å². The fourth-order valence-electron chi connectivity index (χ4n) is 3.15. The number of amides is 1. The van der Waals surface area contributed by atoms with Crippen LogP contribution in [-0.4, -0.2) is 45.7 Å². The maximum atomic E-state index is 12.4. The zero-order chi connectivity index (χ0) is 19.4. The van der Waals surface area contributed by atoms with Crippen LogP contribution in [-0.2, 0) is 4.79 Å². The second kappa shape index (κ2) is 8.63. The summed E-state index contributed by atoms with van der Waals surface area (Å²) in [6.45, 7) is 8.09. The third-order valence-electron chi connectivity index (χ3n) is 5.04. The van der Waals surface area contributed by atoms with Crippen LogP contribution in [0.3, 0.4) is 0 Å². The van der Waals surface area contributed by atoms with Crippen molar-refractivity contribution in [3.05, 3.63) is 52.5 Å². The molecule has 0 aliphatic carbocycles. The van der Waals surface area contributed by atoms with Gasteiger partial charge < -0.3 is 19.9 Å². The molecular formula is C21H27ClN3O2+. The van der Waals surface area contributed by atoms with Crippen LogP contribution in [0.2, 0.25) is 5.02 Å². The Hall–Kier alpha value is -2.24. The Bertz CT molecular complexity index is 817. The topological polar surface area (TPSA) is 46.0 Å². The number of carbonyl (C=O) groups is 1. The van der Waals surface area contributed by atoms with Crippen molar-refractivity contribution in [3.8, 4) is 5.75 Å². The summed E-state index contributed by atoms with van der Waals surface area (Å²) in [5.74, 6) is 0.498. The monoisotopic (exact) mass is 388 g/mol. The number of piperazine rings is 1. The Labute approximate surface area is 165 Å². The van der Waals surface area contributed by atoms with E-state index >= 15 is 0 Å². The Balaban J connectivity index is 1.66. The molecule has 0 spiro atoms. The summed E-state index contributed by atoms with van der Waals surface area (Å²) >= 11 is 6.16. The molecule has 2 N–H and O–H groups in total. The Morgan fingerprint density at radius 1 is 1.15 bits per heavy atom. The number of benzene rings is 2. The quantitative estimate of drug-likeness (QED) is 0.826. The van der Waals surface area contributed by atoms with Gasteiger partial charge >= 0.3 is 0 Å². The molecule has 0 atom stereocenters. The number of nitrogens with one attached hydrogen (secondary N) is 2. The van der Waals surface area contributed by atoms with E-state index in [-0.39, 0.29) is 12.5 Å². The van der Waals surface area contributed by atoms with Crippen LogP contribution < -0.4 is 19.9 Å². The van der Waals surface area contributed by atoms with Crippen molar-refractivity contribution in [1.82, 2.24) is 0 Å². The lowest BCUT2D eigenvalue weighted by Gasteiger charge is -2.33. The lowest BCUT2D eigenvalue weighted by Crippen LogP contribution is -3.12. The molecule has 2 aromatic carbocycles. The molecule has 2 aromatic rings. The van der Waals surface area contributed by atoms with Crippen molar-refractivity contribution in [3.63, 3.8) is 0 Å². The number of ether oxygens (including phenoxy) is 1. The van der Waals surface area contributed by atoms with Gasteiger partial charge in [-0.05, 0) is 55.3 Å². The van der Waals surface area contributed by atoms with E-state index in [1.165, 1.54) is 10.5 Å². The molecule has 1 aliphatic heterocycles. The summed E-state index contributed by atoms with van der Waals surface area (Å²) in [5, 5.41) is 3.56. The van der Waals surface area contributed by atoms with Gasteiger partial charge in [-0.3, -0.25) is 4.79 Å². The van der Waals surface area contributed by atoms with Gasteiger partial charge in [0.15, 0.2) is 6.61 Å². The minimum absolute atomic E-state index is 0.0403. The van der Waals surface area contributed by atoms with E-state index in [2.05, 4.69) is 17.3 Å². The lowest BCUT2D eigenvalue weighted by molar-refractivity contribution is -0.880. The third-order valence-corrected chi connectivity index (χ3v) is 5.27. The van der Waals surface area contributed by atoms with E-state index in [9.17, 15) is 4.79 Å². The Kier molecular flexibility index (Phi) is 6.24. The van der Waals surface area contributed by atoms with Gasteiger partial charge in [0, 0.05) is 5.02 Å². The second-order valence-electron chi connectivity index (χ2n) is 7.19. The summed E-state index contributed by atoms with van der Waals surface area (Å²) in [6.07, 6.45) is 0. The molecule has 5 nitrogen and oxygen atoms in total. The van der Waals surface area contributed by atoms with Crippen LogP contribution in [0.15, 0.2) is 36.4 Å². The predicted octanol–water partition coefficient (Wildman–Crippen LogP) is 2.31. The molecule has 0 bridgehead atoms. The highest BCUT2D eigenvalue weighted by atomic mass is 35.5. The molecule has 1 heterocycles. The normalized spacial score (nSPS) is 14.9. The van der Waals surface area contributed by atoms with E-state index < -0.39 is 0 Å². The lowest BCUT2D eigenvalue weighted by atomic mass is 10.1. The number of hydrogen-bond acceptors (Lipinski definition) is 3. The highest BCUT2D eigenvalue weighted by Gasteiger charge is 2.20. The van der Waals surface area contributed by atoms with Gasteiger partial charge in [0.1, 0.15) is 5.75 Å². The molecule has 1 aliphatic rings. The highest BCUT2D eigenvalue weighted by Crippen LogP contribution is 2.29. The van der Waals surface area contributed by atoms with Gasteiger partial charge in [-0.25, -0.2) is 0 Å². The fraction of sp³-hybridized carbons (Fsp3) is 0.381. The largest absolute Gasteiger partial charge is 0.484 e. The molecule has 1 amide bonds. The predicted molar refractivity (Wildman–Crippen MR) is 110 cm³/mol. The molecule has 1 fully saturated rings. The molecule has 0 aromatic heterocycles. The van der Waals surface area contributed by atoms with Crippen molar-refractivity contribution >= 4 is 28.9 Å². The van der Waals surface area contributed by atoms with Crippen molar-refractivity contribution in [2.45, 2.75) is 13.8 Å². The van der Waals surface area contributed by atoms with Crippen LogP contribution in [0.1, 0.15) is 11.1 Å². The van der Waals surface area contributed by atoms with Gasteiger partial charge in [-0.15, -0.1) is 0 Å². The minimum Gasteiger partial charge on any atom is -0.484 e. The molecule has 1 saturated heterocycles. The standard InChI is InChI=1S/C21H26ClN3O2/c1-15-4-6-18(12-16(15)2)27-14-21(26)23-19-13-17(22)5-7-20(19)25-10-8-24(3)9-11-25/h4-7,12-13H,8-11,14H2,1-3H3,(H,23,26)/p+1. The zero-order valence-electron chi connectivity index (χ0n) is 16.1. The smallest absolute Gasteiger partial charge is 0.262 e. The zero-order valence-corrected chi connectivity index (χ0v) is 16.9. The first-order chi connectivity index (χ1) is 12.9. The Morgan fingerprint density at radius 3 is 2.59 bits per heavy atom. The van der Waals surface area contributed by atoms with Crippen molar-refractivity contribution < 1.29 is 14.4 Å². The van der Waals surface area contributed by atoms with Crippen molar-refractivity contribution in [2.24, 2.45) is 0 Å². The molecular weight excluding hydrogens is 362 g/mol. The van der Waals surface area contributed by atoms with Gasteiger partial charge in [0.25, 0.3) is 5.91 Å². The number of halogens is 1. The van der Waals surface area contributed by atoms with Crippen molar-refractivity contribution in [2.75, 3.05) is 50.1 Å². The number of likely N-dealkylation sites (N-methyl/N-ethyl adjacent to an activating group) is 1. The SMILES string of the molecule is Cc1ccc(OCC(=O)Nc2cc(Cl)ccc2N2CC[NH+](C)CC2)cc1C. The van der Waals surface area contributed by atoms with E-state index in [0.29, 0.717) is 10.8 Å². The van der Waals surface area contributed by atoms with Crippen LogP contribution in [0.4, 0.5) is 11.4 Å². The van der Waals surface area contributed by atoms with Crippen LogP contribution in [0, 0.1) is 13.8 Å². The van der Waals surface area contributed by atoms with Gasteiger partial charge in [-0.2, -0.15) is 0 Å². The van der Waals surface area contributed by atoms with E-state index in [4.69, 9.17) is 16.3 Å². The Morgan fingerprint density at radius 2 is 1.89 bits per heavy atom. The minimum atomic E-state index is -0.198.